The zero-order valence-corrected chi connectivity index (χ0v) is 19.4. The number of nitro benzene ring substituents is 1. The van der Waals surface area contributed by atoms with Gasteiger partial charge in [-0.2, -0.15) is 0 Å². The Morgan fingerprint density at radius 3 is 2.61 bits per heavy atom. The standard InChI is InChI=1S/C24H20ClN3O4S/c1-14-6-7-18(10-15(14)2)27-22(29)13-33-24(27)16-4-3-5-17(11-16)26-23(30)20-9-8-19(28(31)32)12-21(20)25/h3-12,24H,13H2,1-2H3,(H,26,30)/t24-/m0/s1. The Morgan fingerprint density at radius 1 is 1.12 bits per heavy atom. The topological polar surface area (TPSA) is 92.6 Å². The number of carbonyl (C=O) groups excluding carboxylic acids is 2. The highest BCUT2D eigenvalue weighted by Crippen LogP contribution is 2.42. The average molecular weight is 482 g/mol. The predicted octanol–water partition coefficient (Wildman–Crippen LogP) is 5.90. The van der Waals surface area contributed by atoms with E-state index in [0.29, 0.717) is 11.4 Å². The number of anilines is 2. The molecule has 0 radical (unpaired) electrons. The fourth-order valence-electron chi connectivity index (χ4n) is 3.60. The number of thioether (sulfide) groups is 1. The van der Waals surface area contributed by atoms with Gasteiger partial charge in [-0.15, -0.1) is 11.8 Å². The van der Waals surface area contributed by atoms with Crippen LogP contribution in [-0.4, -0.2) is 22.5 Å². The Kier molecular flexibility index (Phi) is 6.40. The van der Waals surface area contributed by atoms with E-state index < -0.39 is 10.8 Å². The van der Waals surface area contributed by atoms with Gasteiger partial charge in [0.05, 0.1) is 21.3 Å². The molecule has 1 fully saturated rings. The van der Waals surface area contributed by atoms with E-state index in [2.05, 4.69) is 5.32 Å². The van der Waals surface area contributed by atoms with Crippen molar-refractivity contribution >= 4 is 52.2 Å². The molecule has 1 aliphatic rings. The number of nitrogens with one attached hydrogen (secondary N) is 1. The van der Waals surface area contributed by atoms with E-state index >= 15 is 0 Å². The fourth-order valence-corrected chi connectivity index (χ4v) is 5.02. The van der Waals surface area contributed by atoms with Crippen LogP contribution >= 0.6 is 23.4 Å². The first-order valence-corrected chi connectivity index (χ1v) is 11.5. The number of hydrogen-bond acceptors (Lipinski definition) is 5. The first-order chi connectivity index (χ1) is 15.7. The summed E-state index contributed by atoms with van der Waals surface area (Å²) in [7, 11) is 0. The Balaban J connectivity index is 1.58. The summed E-state index contributed by atoms with van der Waals surface area (Å²) in [6, 6.07) is 17.0. The fraction of sp³-hybridized carbons (Fsp3) is 0.167. The van der Waals surface area contributed by atoms with Gasteiger partial charge < -0.3 is 5.32 Å². The number of nitro groups is 1. The first-order valence-electron chi connectivity index (χ1n) is 10.1. The molecule has 0 saturated carbocycles. The van der Waals surface area contributed by atoms with Crippen molar-refractivity contribution in [3.05, 3.63) is 98.1 Å². The minimum atomic E-state index is -0.571. The second-order valence-corrected chi connectivity index (χ2v) is 9.17. The summed E-state index contributed by atoms with van der Waals surface area (Å²) >= 11 is 7.61. The molecule has 7 nitrogen and oxygen atoms in total. The van der Waals surface area contributed by atoms with Gasteiger partial charge in [0.25, 0.3) is 11.6 Å². The lowest BCUT2D eigenvalue weighted by Gasteiger charge is -2.25. The lowest BCUT2D eigenvalue weighted by Crippen LogP contribution is -2.28. The van der Waals surface area contributed by atoms with Crippen LogP contribution in [0.2, 0.25) is 5.02 Å². The summed E-state index contributed by atoms with van der Waals surface area (Å²) in [4.78, 5) is 37.5. The summed E-state index contributed by atoms with van der Waals surface area (Å²) in [5.41, 5.74) is 4.46. The average Bonchev–Trinajstić information content (AvgIpc) is 3.17. The largest absolute Gasteiger partial charge is 0.322 e. The Morgan fingerprint density at radius 2 is 1.91 bits per heavy atom. The van der Waals surface area contributed by atoms with Crippen LogP contribution < -0.4 is 10.2 Å². The number of benzene rings is 3. The summed E-state index contributed by atoms with van der Waals surface area (Å²) < 4.78 is 0. The maximum absolute atomic E-state index is 12.7. The van der Waals surface area contributed by atoms with Crippen LogP contribution in [-0.2, 0) is 4.79 Å². The van der Waals surface area contributed by atoms with Crippen LogP contribution in [0.5, 0.6) is 0 Å². The monoisotopic (exact) mass is 481 g/mol. The van der Waals surface area contributed by atoms with Gasteiger partial charge in [-0.05, 0) is 60.9 Å². The van der Waals surface area contributed by atoms with Crippen molar-refractivity contribution in [3.63, 3.8) is 0 Å². The van der Waals surface area contributed by atoms with Crippen LogP contribution in [0.4, 0.5) is 17.1 Å². The molecule has 168 valence electrons. The van der Waals surface area contributed by atoms with Gasteiger partial charge in [0.1, 0.15) is 5.37 Å². The molecule has 3 aromatic rings. The van der Waals surface area contributed by atoms with E-state index in [0.717, 1.165) is 28.4 Å². The molecule has 0 bridgehead atoms. The second-order valence-electron chi connectivity index (χ2n) is 7.70. The molecule has 0 spiro atoms. The molecular formula is C24H20ClN3O4S. The summed E-state index contributed by atoms with van der Waals surface area (Å²) in [5, 5.41) is 13.5. The molecule has 4 rings (SSSR count). The molecule has 0 unspecified atom stereocenters. The lowest BCUT2D eigenvalue weighted by molar-refractivity contribution is -0.384. The molecule has 1 N–H and O–H groups in total. The molecule has 0 aliphatic carbocycles. The van der Waals surface area contributed by atoms with Crippen LogP contribution in [0.15, 0.2) is 60.7 Å². The molecule has 2 amide bonds. The lowest BCUT2D eigenvalue weighted by atomic mass is 10.1. The van der Waals surface area contributed by atoms with Gasteiger partial charge in [-0.3, -0.25) is 24.6 Å². The first kappa shape index (κ1) is 22.8. The third-order valence-electron chi connectivity index (χ3n) is 5.47. The minimum Gasteiger partial charge on any atom is -0.322 e. The van der Waals surface area contributed by atoms with Gasteiger partial charge in [-0.25, -0.2) is 0 Å². The number of aryl methyl sites for hydroxylation is 2. The van der Waals surface area contributed by atoms with Crippen molar-refractivity contribution in [2.75, 3.05) is 16.0 Å². The smallest absolute Gasteiger partial charge is 0.270 e. The third kappa shape index (κ3) is 4.72. The molecule has 0 aromatic heterocycles. The number of nitrogens with zero attached hydrogens (tertiary/aromatic N) is 2. The SMILES string of the molecule is Cc1ccc(N2C(=O)CS[C@H]2c2cccc(NC(=O)c3ccc([N+](=O)[O-])cc3Cl)c2)cc1C. The van der Waals surface area contributed by atoms with Crippen molar-refractivity contribution < 1.29 is 14.5 Å². The van der Waals surface area contributed by atoms with E-state index in [1.54, 1.807) is 11.0 Å². The van der Waals surface area contributed by atoms with E-state index in [1.165, 1.54) is 23.9 Å². The van der Waals surface area contributed by atoms with Crippen molar-refractivity contribution in [1.29, 1.82) is 0 Å². The number of amides is 2. The minimum absolute atomic E-state index is 0.00397. The Bertz CT molecular complexity index is 1280. The number of non-ortho nitro benzene ring substituents is 1. The van der Waals surface area contributed by atoms with E-state index in [1.807, 2.05) is 50.2 Å². The normalized spacial score (nSPS) is 15.5. The van der Waals surface area contributed by atoms with Crippen molar-refractivity contribution in [2.45, 2.75) is 19.2 Å². The molecule has 1 aliphatic heterocycles. The number of hydrogen-bond donors (Lipinski definition) is 1. The van der Waals surface area contributed by atoms with Crippen LogP contribution in [0.3, 0.4) is 0 Å². The highest BCUT2D eigenvalue weighted by Gasteiger charge is 2.34. The van der Waals surface area contributed by atoms with Crippen LogP contribution in [0.1, 0.15) is 32.4 Å². The highest BCUT2D eigenvalue weighted by atomic mass is 35.5. The predicted molar refractivity (Wildman–Crippen MR) is 131 cm³/mol. The zero-order valence-electron chi connectivity index (χ0n) is 17.9. The van der Waals surface area contributed by atoms with Crippen LogP contribution in [0.25, 0.3) is 0 Å². The summed E-state index contributed by atoms with van der Waals surface area (Å²) in [6.45, 7) is 4.04. The van der Waals surface area contributed by atoms with E-state index in [4.69, 9.17) is 11.6 Å². The van der Waals surface area contributed by atoms with Crippen molar-refractivity contribution in [1.82, 2.24) is 0 Å². The second kappa shape index (κ2) is 9.25. The molecule has 1 atom stereocenters. The maximum Gasteiger partial charge on any atom is 0.270 e. The van der Waals surface area contributed by atoms with Gasteiger partial charge in [0.2, 0.25) is 5.91 Å². The molecule has 9 heteroatoms. The molecular weight excluding hydrogens is 462 g/mol. The van der Waals surface area contributed by atoms with Gasteiger partial charge in [0, 0.05) is 23.5 Å². The molecule has 1 saturated heterocycles. The van der Waals surface area contributed by atoms with Gasteiger partial charge in [0.15, 0.2) is 0 Å². The Hall–Kier alpha value is -3.36. The third-order valence-corrected chi connectivity index (χ3v) is 7.00. The molecule has 1 heterocycles. The number of halogens is 1. The highest BCUT2D eigenvalue weighted by molar-refractivity contribution is 8.00. The van der Waals surface area contributed by atoms with Crippen LogP contribution in [0, 0.1) is 24.0 Å². The Labute approximate surface area is 199 Å². The van der Waals surface area contributed by atoms with E-state index in [9.17, 15) is 19.7 Å². The maximum atomic E-state index is 12.7. The number of carbonyl (C=O) groups is 2. The van der Waals surface area contributed by atoms with Gasteiger partial charge in [-0.1, -0.05) is 29.8 Å². The number of rotatable bonds is 5. The molecule has 33 heavy (non-hydrogen) atoms. The van der Waals surface area contributed by atoms with Crippen molar-refractivity contribution in [3.8, 4) is 0 Å². The van der Waals surface area contributed by atoms with E-state index in [-0.39, 0.29) is 27.6 Å². The quantitative estimate of drug-likeness (QED) is 0.362. The molecule has 3 aromatic carbocycles. The summed E-state index contributed by atoms with van der Waals surface area (Å²) in [5.74, 6) is -0.0828. The van der Waals surface area contributed by atoms with Crippen molar-refractivity contribution in [2.24, 2.45) is 0 Å². The van der Waals surface area contributed by atoms with Gasteiger partial charge >= 0.3 is 0 Å². The summed E-state index contributed by atoms with van der Waals surface area (Å²) in [6.07, 6.45) is 0. The zero-order chi connectivity index (χ0) is 23.7.